The highest BCUT2D eigenvalue weighted by Crippen LogP contribution is 2.20. The molecule has 0 aliphatic carbocycles. The third kappa shape index (κ3) is 4.40. The molecule has 1 N–H and O–H groups in total. The normalized spacial score (nSPS) is 11.8. The van der Waals surface area contributed by atoms with E-state index in [0.717, 1.165) is 18.4 Å². The van der Waals surface area contributed by atoms with Crippen LogP contribution in [0.2, 0.25) is 0 Å². The quantitative estimate of drug-likeness (QED) is 0.713. The molecule has 0 aromatic heterocycles. The highest BCUT2D eigenvalue weighted by Gasteiger charge is 2.23. The van der Waals surface area contributed by atoms with Gasteiger partial charge in [-0.25, -0.2) is 8.42 Å². The van der Waals surface area contributed by atoms with Gasteiger partial charge in [-0.3, -0.25) is 0 Å². The second-order valence-electron chi connectivity index (χ2n) is 4.97. The molecule has 0 bridgehead atoms. The lowest BCUT2D eigenvalue weighted by atomic mass is 10.1. The van der Waals surface area contributed by atoms with E-state index in [1.807, 2.05) is 20.0 Å². The van der Waals surface area contributed by atoms with Crippen molar-refractivity contribution in [3.63, 3.8) is 0 Å². The zero-order valence-electron chi connectivity index (χ0n) is 13.2. The summed E-state index contributed by atoms with van der Waals surface area (Å²) >= 11 is 0. The first-order chi connectivity index (χ1) is 10.0. The van der Waals surface area contributed by atoms with Gasteiger partial charge in [-0.15, -0.1) is 6.58 Å². The molecule has 0 fully saturated rings. The zero-order chi connectivity index (χ0) is 15.9. The van der Waals surface area contributed by atoms with Crippen LogP contribution < -0.4 is 5.32 Å². The van der Waals surface area contributed by atoms with Gasteiger partial charge in [0.25, 0.3) is 0 Å². The standard InChI is InChI=1S/C16H26N2O2S/c1-5-10-18(11-6-2)21(19,20)16-9-8-14(7-3)15(12-16)13-17-4/h5,8-9,12,17H,1,6-7,10-11,13H2,2-4H3. The van der Waals surface area contributed by atoms with E-state index in [1.54, 1.807) is 18.2 Å². The molecule has 0 aliphatic rings. The van der Waals surface area contributed by atoms with Gasteiger partial charge in [0.15, 0.2) is 0 Å². The second kappa shape index (κ2) is 8.32. The molecule has 0 spiro atoms. The molecule has 0 saturated carbocycles. The Morgan fingerprint density at radius 2 is 2.00 bits per heavy atom. The SMILES string of the molecule is C=CCN(CCC)S(=O)(=O)c1ccc(CC)c(CNC)c1. The van der Waals surface area contributed by atoms with Gasteiger partial charge in [0, 0.05) is 19.6 Å². The molecule has 21 heavy (non-hydrogen) atoms. The summed E-state index contributed by atoms with van der Waals surface area (Å²) in [4.78, 5) is 0.361. The lowest BCUT2D eigenvalue weighted by Gasteiger charge is -2.21. The van der Waals surface area contributed by atoms with Crippen molar-refractivity contribution in [1.82, 2.24) is 9.62 Å². The molecule has 4 nitrogen and oxygen atoms in total. The topological polar surface area (TPSA) is 49.4 Å². The van der Waals surface area contributed by atoms with Crippen molar-refractivity contribution in [1.29, 1.82) is 0 Å². The number of hydrogen-bond acceptors (Lipinski definition) is 3. The third-order valence-corrected chi connectivity index (χ3v) is 5.23. The van der Waals surface area contributed by atoms with E-state index < -0.39 is 10.0 Å². The lowest BCUT2D eigenvalue weighted by molar-refractivity contribution is 0.441. The minimum atomic E-state index is -3.46. The monoisotopic (exact) mass is 310 g/mol. The van der Waals surface area contributed by atoms with Crippen molar-refractivity contribution in [3.05, 3.63) is 42.0 Å². The van der Waals surface area contributed by atoms with Gasteiger partial charge >= 0.3 is 0 Å². The Labute approximate surface area is 128 Å². The maximum absolute atomic E-state index is 12.7. The van der Waals surface area contributed by atoms with Crippen LogP contribution in [0, 0.1) is 0 Å². The predicted octanol–water partition coefficient (Wildman–Crippen LogP) is 2.56. The highest BCUT2D eigenvalue weighted by molar-refractivity contribution is 7.89. The van der Waals surface area contributed by atoms with Crippen molar-refractivity contribution in [2.45, 2.75) is 38.1 Å². The van der Waals surface area contributed by atoms with E-state index in [-0.39, 0.29) is 0 Å². The molecule has 0 aliphatic heterocycles. The third-order valence-electron chi connectivity index (χ3n) is 3.37. The summed E-state index contributed by atoms with van der Waals surface area (Å²) in [6.45, 7) is 9.21. The summed E-state index contributed by atoms with van der Waals surface area (Å²) in [5.41, 5.74) is 2.21. The molecule has 1 aromatic carbocycles. The second-order valence-corrected chi connectivity index (χ2v) is 6.90. The Hall–Kier alpha value is -1.17. The molecule has 1 rings (SSSR count). The Morgan fingerprint density at radius 1 is 1.29 bits per heavy atom. The van der Waals surface area contributed by atoms with Crippen LogP contribution in [-0.2, 0) is 23.0 Å². The molecule has 0 unspecified atom stereocenters. The predicted molar refractivity (Wildman–Crippen MR) is 87.8 cm³/mol. The van der Waals surface area contributed by atoms with Crippen molar-refractivity contribution < 1.29 is 8.42 Å². The van der Waals surface area contributed by atoms with Crippen molar-refractivity contribution in [3.8, 4) is 0 Å². The first kappa shape index (κ1) is 17.9. The van der Waals surface area contributed by atoms with E-state index in [2.05, 4.69) is 18.8 Å². The number of rotatable bonds is 9. The van der Waals surface area contributed by atoms with E-state index in [0.29, 0.717) is 24.5 Å². The van der Waals surface area contributed by atoms with E-state index in [1.165, 1.54) is 9.87 Å². The van der Waals surface area contributed by atoms with Gasteiger partial charge < -0.3 is 5.32 Å². The van der Waals surface area contributed by atoms with E-state index in [9.17, 15) is 8.42 Å². The summed E-state index contributed by atoms with van der Waals surface area (Å²) in [6.07, 6.45) is 3.30. The minimum absolute atomic E-state index is 0.340. The zero-order valence-corrected chi connectivity index (χ0v) is 14.0. The van der Waals surface area contributed by atoms with Crippen molar-refractivity contribution in [2.24, 2.45) is 0 Å². The van der Waals surface area contributed by atoms with E-state index >= 15 is 0 Å². The summed E-state index contributed by atoms with van der Waals surface area (Å²) in [5, 5.41) is 3.09. The Morgan fingerprint density at radius 3 is 2.52 bits per heavy atom. The maximum Gasteiger partial charge on any atom is 0.243 e. The van der Waals surface area contributed by atoms with Gasteiger partial charge in [0.05, 0.1) is 4.90 Å². The Balaban J connectivity index is 3.23. The summed E-state index contributed by atoms with van der Waals surface area (Å²) in [7, 11) is -1.59. The number of nitrogens with one attached hydrogen (secondary N) is 1. The molecule has 0 amide bonds. The van der Waals surface area contributed by atoms with Gasteiger partial charge in [-0.1, -0.05) is 26.0 Å². The smallest absolute Gasteiger partial charge is 0.243 e. The maximum atomic E-state index is 12.7. The van der Waals surface area contributed by atoms with Crippen molar-refractivity contribution >= 4 is 10.0 Å². The highest BCUT2D eigenvalue weighted by atomic mass is 32.2. The molecule has 0 radical (unpaired) electrons. The van der Waals surface area contributed by atoms with Gasteiger partial charge in [-0.2, -0.15) is 4.31 Å². The molecule has 0 heterocycles. The van der Waals surface area contributed by atoms with Crippen LogP contribution in [0.4, 0.5) is 0 Å². The summed E-state index contributed by atoms with van der Waals surface area (Å²) < 4.78 is 26.9. The van der Waals surface area contributed by atoms with Crippen LogP contribution in [0.5, 0.6) is 0 Å². The fraction of sp³-hybridized carbons (Fsp3) is 0.500. The minimum Gasteiger partial charge on any atom is -0.316 e. The van der Waals surface area contributed by atoms with Crippen molar-refractivity contribution in [2.75, 3.05) is 20.1 Å². The lowest BCUT2D eigenvalue weighted by Crippen LogP contribution is -2.32. The number of aryl methyl sites for hydroxylation is 1. The van der Waals surface area contributed by atoms with Gasteiger partial charge in [0.1, 0.15) is 0 Å². The van der Waals surface area contributed by atoms with Crippen LogP contribution in [0.3, 0.4) is 0 Å². The largest absolute Gasteiger partial charge is 0.316 e. The van der Waals surface area contributed by atoms with Gasteiger partial charge in [0.2, 0.25) is 10.0 Å². The average Bonchev–Trinajstić information content (AvgIpc) is 2.47. The molecular formula is C16H26N2O2S. The Bertz CT molecular complexity index is 568. The summed E-state index contributed by atoms with van der Waals surface area (Å²) in [5.74, 6) is 0. The molecule has 0 atom stereocenters. The molecule has 118 valence electrons. The number of nitrogens with zero attached hydrogens (tertiary/aromatic N) is 1. The van der Waals surface area contributed by atoms with Crippen LogP contribution in [0.1, 0.15) is 31.4 Å². The molecule has 0 saturated heterocycles. The number of sulfonamides is 1. The Kier molecular flexibility index (Phi) is 7.08. The molecule has 5 heteroatoms. The fourth-order valence-corrected chi connectivity index (χ4v) is 3.87. The van der Waals surface area contributed by atoms with Crippen LogP contribution in [-0.4, -0.2) is 32.9 Å². The fourth-order valence-electron chi connectivity index (χ4n) is 2.31. The molecule has 1 aromatic rings. The van der Waals surface area contributed by atoms with Gasteiger partial charge in [-0.05, 0) is 43.1 Å². The number of hydrogen-bond donors (Lipinski definition) is 1. The first-order valence-electron chi connectivity index (χ1n) is 7.38. The summed E-state index contributed by atoms with van der Waals surface area (Å²) in [6, 6.07) is 5.41. The van der Waals surface area contributed by atoms with Crippen LogP contribution in [0.15, 0.2) is 35.7 Å². The number of benzene rings is 1. The van der Waals surface area contributed by atoms with Crippen LogP contribution >= 0.6 is 0 Å². The first-order valence-corrected chi connectivity index (χ1v) is 8.82. The molecular weight excluding hydrogens is 284 g/mol. The average molecular weight is 310 g/mol. The van der Waals surface area contributed by atoms with E-state index in [4.69, 9.17) is 0 Å². The van der Waals surface area contributed by atoms with Crippen LogP contribution in [0.25, 0.3) is 0 Å².